The molecule has 0 saturated heterocycles. The highest BCUT2D eigenvalue weighted by molar-refractivity contribution is 7.26. The largest absolute Gasteiger partial charge is 0.292 e. The summed E-state index contributed by atoms with van der Waals surface area (Å²) in [6.07, 6.45) is 0. The molecule has 0 amide bonds. The van der Waals surface area contributed by atoms with Crippen molar-refractivity contribution in [1.82, 2.24) is 9.38 Å². The van der Waals surface area contributed by atoms with Crippen molar-refractivity contribution in [3.8, 4) is 22.3 Å². The highest BCUT2D eigenvalue weighted by atomic mass is 32.1. The number of thiophene rings is 1. The Bertz CT molecular complexity index is 2780. The van der Waals surface area contributed by atoms with E-state index in [1.807, 2.05) is 11.3 Å². The van der Waals surface area contributed by atoms with Crippen LogP contribution in [0, 0.1) is 0 Å². The molecule has 10 aromatic rings. The molecule has 0 aliphatic rings. The Morgan fingerprint density at radius 1 is 0.455 bits per heavy atom. The molecule has 44 heavy (non-hydrogen) atoms. The van der Waals surface area contributed by atoms with Crippen LogP contribution in [-0.2, 0) is 0 Å². The predicted molar refractivity (Wildman–Crippen MR) is 189 cm³/mol. The number of benzene rings is 7. The number of hydrogen-bond donors (Lipinski definition) is 0. The van der Waals surface area contributed by atoms with Gasteiger partial charge in [-0.05, 0) is 86.9 Å². The molecular formula is C41H24N2S. The van der Waals surface area contributed by atoms with E-state index in [-0.39, 0.29) is 0 Å². The Balaban J connectivity index is 1.24. The van der Waals surface area contributed by atoms with Gasteiger partial charge in [0, 0.05) is 30.9 Å². The average Bonchev–Trinajstić information content (AvgIpc) is 3.67. The zero-order chi connectivity index (χ0) is 28.8. The van der Waals surface area contributed by atoms with E-state index in [1.54, 1.807) is 0 Å². The fraction of sp³-hybridized carbons (Fsp3) is 0. The van der Waals surface area contributed by atoms with E-state index in [9.17, 15) is 0 Å². The molecule has 3 heteroatoms. The molecule has 0 bridgehead atoms. The minimum Gasteiger partial charge on any atom is -0.292 e. The highest BCUT2D eigenvalue weighted by Gasteiger charge is 2.16. The SMILES string of the molecule is c1cc(-c2ccc3c(c2)c2cc4ccccc4cc2c2nc4ccccc4n32)cc(-c2cccc3c2sc2ccccc23)c1. The number of rotatable bonds is 2. The molecule has 0 N–H and O–H groups in total. The molecule has 0 aliphatic carbocycles. The van der Waals surface area contributed by atoms with Crippen LogP contribution in [0.2, 0.25) is 0 Å². The number of aromatic nitrogens is 2. The molecule has 204 valence electrons. The molecular weight excluding hydrogens is 553 g/mol. The van der Waals surface area contributed by atoms with Crippen molar-refractivity contribution >= 4 is 80.6 Å². The first-order valence-corrected chi connectivity index (χ1v) is 15.8. The van der Waals surface area contributed by atoms with Crippen LogP contribution in [0.4, 0.5) is 0 Å². The van der Waals surface area contributed by atoms with Gasteiger partial charge in [-0.15, -0.1) is 11.3 Å². The van der Waals surface area contributed by atoms with E-state index in [0.29, 0.717) is 0 Å². The summed E-state index contributed by atoms with van der Waals surface area (Å²) in [7, 11) is 0. The van der Waals surface area contributed by atoms with Gasteiger partial charge in [0.15, 0.2) is 0 Å². The van der Waals surface area contributed by atoms with Gasteiger partial charge in [-0.1, -0.05) is 97.1 Å². The normalized spacial score (nSPS) is 12.1. The van der Waals surface area contributed by atoms with Crippen LogP contribution in [0.3, 0.4) is 0 Å². The van der Waals surface area contributed by atoms with Gasteiger partial charge in [0.2, 0.25) is 0 Å². The fourth-order valence-corrected chi connectivity index (χ4v) is 8.30. The van der Waals surface area contributed by atoms with Crippen molar-refractivity contribution in [1.29, 1.82) is 0 Å². The van der Waals surface area contributed by atoms with Gasteiger partial charge in [-0.25, -0.2) is 4.98 Å². The monoisotopic (exact) mass is 576 g/mol. The van der Waals surface area contributed by atoms with Gasteiger partial charge in [-0.2, -0.15) is 0 Å². The van der Waals surface area contributed by atoms with Crippen LogP contribution in [0.25, 0.3) is 91.6 Å². The quantitative estimate of drug-likeness (QED) is 0.148. The van der Waals surface area contributed by atoms with E-state index in [4.69, 9.17) is 4.98 Å². The molecule has 0 aliphatic heterocycles. The van der Waals surface area contributed by atoms with E-state index in [0.717, 1.165) is 16.7 Å². The summed E-state index contributed by atoms with van der Waals surface area (Å²) in [5.41, 5.74) is 9.28. The van der Waals surface area contributed by atoms with Crippen LogP contribution in [-0.4, -0.2) is 9.38 Å². The number of nitrogens with zero attached hydrogens (tertiary/aromatic N) is 2. The van der Waals surface area contributed by atoms with Crippen molar-refractivity contribution in [2.24, 2.45) is 0 Å². The smallest absolute Gasteiger partial charge is 0.146 e. The highest BCUT2D eigenvalue weighted by Crippen LogP contribution is 2.41. The fourth-order valence-electron chi connectivity index (χ4n) is 7.07. The molecule has 0 atom stereocenters. The second kappa shape index (κ2) is 9.00. The van der Waals surface area contributed by atoms with Crippen LogP contribution in [0.5, 0.6) is 0 Å². The molecule has 3 heterocycles. The maximum Gasteiger partial charge on any atom is 0.146 e. The van der Waals surface area contributed by atoms with Crippen LogP contribution >= 0.6 is 11.3 Å². The lowest BCUT2D eigenvalue weighted by Gasteiger charge is -2.13. The van der Waals surface area contributed by atoms with E-state index in [2.05, 4.69) is 150 Å². The Morgan fingerprint density at radius 3 is 2.11 bits per heavy atom. The zero-order valence-corrected chi connectivity index (χ0v) is 24.5. The first-order chi connectivity index (χ1) is 21.8. The molecule has 0 radical (unpaired) electrons. The zero-order valence-electron chi connectivity index (χ0n) is 23.7. The summed E-state index contributed by atoms with van der Waals surface area (Å²) in [6, 6.07) is 53.1. The van der Waals surface area contributed by atoms with E-state index in [1.165, 1.54) is 74.9 Å². The summed E-state index contributed by atoms with van der Waals surface area (Å²) in [4.78, 5) is 5.13. The molecule has 0 fully saturated rings. The minimum atomic E-state index is 1.01. The predicted octanol–water partition coefficient (Wildman–Crippen LogP) is 11.6. The number of para-hydroxylation sites is 2. The van der Waals surface area contributed by atoms with E-state index < -0.39 is 0 Å². The second-order valence-electron chi connectivity index (χ2n) is 11.6. The summed E-state index contributed by atoms with van der Waals surface area (Å²) in [5.74, 6) is 0. The third-order valence-electron chi connectivity index (χ3n) is 9.13. The van der Waals surface area contributed by atoms with Crippen molar-refractivity contribution in [3.05, 3.63) is 146 Å². The van der Waals surface area contributed by atoms with Crippen molar-refractivity contribution < 1.29 is 0 Å². The van der Waals surface area contributed by atoms with E-state index >= 15 is 0 Å². The first-order valence-electron chi connectivity index (χ1n) is 15.0. The van der Waals surface area contributed by atoms with Gasteiger partial charge in [0.25, 0.3) is 0 Å². The molecule has 2 nitrogen and oxygen atoms in total. The second-order valence-corrected chi connectivity index (χ2v) is 12.6. The van der Waals surface area contributed by atoms with Gasteiger partial charge >= 0.3 is 0 Å². The summed E-state index contributed by atoms with van der Waals surface area (Å²) in [5, 5.41) is 8.77. The van der Waals surface area contributed by atoms with Gasteiger partial charge < -0.3 is 0 Å². The van der Waals surface area contributed by atoms with Crippen LogP contribution in [0.1, 0.15) is 0 Å². The van der Waals surface area contributed by atoms with Crippen molar-refractivity contribution in [2.45, 2.75) is 0 Å². The number of imidazole rings is 1. The molecule has 7 aromatic carbocycles. The lowest BCUT2D eigenvalue weighted by molar-refractivity contribution is 1.32. The summed E-state index contributed by atoms with van der Waals surface area (Å²) in [6.45, 7) is 0. The number of pyridine rings is 1. The van der Waals surface area contributed by atoms with Crippen LogP contribution in [0.15, 0.2) is 146 Å². The van der Waals surface area contributed by atoms with Crippen molar-refractivity contribution in [3.63, 3.8) is 0 Å². The van der Waals surface area contributed by atoms with Crippen molar-refractivity contribution in [2.75, 3.05) is 0 Å². The first kappa shape index (κ1) is 24.0. The third-order valence-corrected chi connectivity index (χ3v) is 10.3. The van der Waals surface area contributed by atoms with Gasteiger partial charge in [0.05, 0.1) is 16.6 Å². The van der Waals surface area contributed by atoms with Gasteiger partial charge in [-0.3, -0.25) is 4.40 Å². The standard InChI is InChI=1S/C41H24N2S/c1-2-10-27-24-35-33(22-26(27)9-1)34-23-28(19-20-37(34)43-38-17-5-4-16-36(38)42-41(35)43)25-11-7-12-29(21-25)30-14-8-15-32-31-13-3-6-18-39(31)44-40(30)32/h1-24H. The average molecular weight is 577 g/mol. The number of fused-ring (bicyclic) bond motifs is 12. The molecule has 10 rings (SSSR count). The van der Waals surface area contributed by atoms with Crippen LogP contribution < -0.4 is 0 Å². The maximum absolute atomic E-state index is 5.13. The molecule has 0 unspecified atom stereocenters. The third kappa shape index (κ3) is 3.39. The minimum absolute atomic E-state index is 1.01. The lowest BCUT2D eigenvalue weighted by Crippen LogP contribution is -1.93. The Kier molecular flexibility index (Phi) is 4.90. The lowest BCUT2D eigenvalue weighted by atomic mass is 9.95. The summed E-state index contributed by atoms with van der Waals surface area (Å²) >= 11 is 1.88. The topological polar surface area (TPSA) is 17.3 Å². The Morgan fingerprint density at radius 2 is 1.18 bits per heavy atom. The Labute approximate surface area is 257 Å². The molecule has 0 spiro atoms. The number of hydrogen-bond acceptors (Lipinski definition) is 2. The summed E-state index contributed by atoms with van der Waals surface area (Å²) < 4.78 is 5.01. The maximum atomic E-state index is 5.13. The van der Waals surface area contributed by atoms with Gasteiger partial charge in [0.1, 0.15) is 5.65 Å². The molecule has 0 saturated carbocycles. The molecule has 3 aromatic heterocycles. The Hall–Kier alpha value is -5.51.